The number of carbonyl (C=O) groups excluding carboxylic acids is 1. The van der Waals surface area contributed by atoms with Crippen LogP contribution in [-0.2, 0) is 11.3 Å². The van der Waals surface area contributed by atoms with Crippen molar-refractivity contribution < 1.29 is 4.79 Å². The van der Waals surface area contributed by atoms with Gasteiger partial charge < -0.3 is 9.80 Å². The summed E-state index contributed by atoms with van der Waals surface area (Å²) in [7, 11) is 0. The van der Waals surface area contributed by atoms with Crippen molar-refractivity contribution in [2.24, 2.45) is 0 Å². The third-order valence-corrected chi connectivity index (χ3v) is 5.71. The van der Waals surface area contributed by atoms with Crippen LogP contribution in [0, 0.1) is 0 Å². The van der Waals surface area contributed by atoms with E-state index in [0.717, 1.165) is 41.4 Å². The van der Waals surface area contributed by atoms with Gasteiger partial charge in [0.2, 0.25) is 5.91 Å². The minimum Gasteiger partial charge on any atom is -0.352 e. The van der Waals surface area contributed by atoms with Gasteiger partial charge >= 0.3 is 0 Å². The summed E-state index contributed by atoms with van der Waals surface area (Å²) in [6, 6.07) is 22.2. The van der Waals surface area contributed by atoms with Gasteiger partial charge in [-0.25, -0.2) is 4.98 Å². The Labute approximate surface area is 187 Å². The van der Waals surface area contributed by atoms with Gasteiger partial charge in [0.15, 0.2) is 0 Å². The minimum absolute atomic E-state index is 0.0729. The Bertz CT molecular complexity index is 1170. The van der Waals surface area contributed by atoms with E-state index in [9.17, 15) is 4.79 Å². The molecule has 32 heavy (non-hydrogen) atoms. The van der Waals surface area contributed by atoms with E-state index in [2.05, 4.69) is 20.9 Å². The SMILES string of the molecule is O=C(Cn1nc(-c2ccccc2)cc1-c1ccccc1)N1CCN(c2cnccn2)CC1. The van der Waals surface area contributed by atoms with Gasteiger partial charge in [0.25, 0.3) is 0 Å². The molecule has 0 unspecified atom stereocenters. The highest BCUT2D eigenvalue weighted by Crippen LogP contribution is 2.26. The predicted molar refractivity (Wildman–Crippen MR) is 124 cm³/mol. The number of hydrogen-bond acceptors (Lipinski definition) is 5. The fourth-order valence-corrected chi connectivity index (χ4v) is 4.00. The predicted octanol–water partition coefficient (Wildman–Crippen LogP) is 3.36. The summed E-state index contributed by atoms with van der Waals surface area (Å²) in [5.41, 5.74) is 3.89. The average Bonchev–Trinajstić information content (AvgIpc) is 3.29. The highest BCUT2D eigenvalue weighted by molar-refractivity contribution is 5.78. The second-order valence-corrected chi connectivity index (χ2v) is 7.74. The number of rotatable bonds is 5. The van der Waals surface area contributed by atoms with Crippen LogP contribution in [0.4, 0.5) is 5.82 Å². The molecule has 3 heterocycles. The molecule has 2 aromatic heterocycles. The smallest absolute Gasteiger partial charge is 0.244 e. The molecule has 0 spiro atoms. The summed E-state index contributed by atoms with van der Waals surface area (Å²) in [5, 5.41) is 4.79. The van der Waals surface area contributed by atoms with E-state index >= 15 is 0 Å². The molecule has 5 rings (SSSR count). The second-order valence-electron chi connectivity index (χ2n) is 7.74. The van der Waals surface area contributed by atoms with Gasteiger partial charge in [-0.2, -0.15) is 5.10 Å². The van der Waals surface area contributed by atoms with Crippen LogP contribution in [0.3, 0.4) is 0 Å². The summed E-state index contributed by atoms with van der Waals surface area (Å²) in [6.07, 6.45) is 5.12. The van der Waals surface area contributed by atoms with Crippen LogP contribution in [0.2, 0.25) is 0 Å². The Balaban J connectivity index is 1.34. The van der Waals surface area contributed by atoms with E-state index in [1.54, 1.807) is 18.6 Å². The number of benzene rings is 2. The number of nitrogens with zero attached hydrogens (tertiary/aromatic N) is 6. The molecule has 1 amide bonds. The summed E-state index contributed by atoms with van der Waals surface area (Å²) in [5.74, 6) is 0.925. The van der Waals surface area contributed by atoms with E-state index in [0.29, 0.717) is 13.1 Å². The van der Waals surface area contributed by atoms with Gasteiger partial charge in [0.1, 0.15) is 12.4 Å². The van der Waals surface area contributed by atoms with Crippen LogP contribution < -0.4 is 4.90 Å². The maximum absolute atomic E-state index is 13.2. The number of hydrogen-bond donors (Lipinski definition) is 0. The third-order valence-electron chi connectivity index (χ3n) is 5.71. The molecule has 0 saturated carbocycles. The summed E-state index contributed by atoms with van der Waals surface area (Å²) < 4.78 is 1.83. The van der Waals surface area contributed by atoms with Crippen LogP contribution in [-0.4, -0.2) is 56.7 Å². The third kappa shape index (κ3) is 4.23. The van der Waals surface area contributed by atoms with E-state index in [1.807, 2.05) is 70.2 Å². The first-order valence-electron chi connectivity index (χ1n) is 10.8. The fraction of sp³-hybridized carbons (Fsp3) is 0.200. The Morgan fingerprint density at radius 2 is 1.53 bits per heavy atom. The quantitative estimate of drug-likeness (QED) is 0.492. The van der Waals surface area contributed by atoms with Crippen LogP contribution in [0.15, 0.2) is 85.3 Å². The maximum Gasteiger partial charge on any atom is 0.244 e. The van der Waals surface area contributed by atoms with Gasteiger partial charge in [-0.3, -0.25) is 14.5 Å². The zero-order chi connectivity index (χ0) is 21.8. The molecule has 1 aliphatic rings. The Morgan fingerprint density at radius 1 is 0.844 bits per heavy atom. The highest BCUT2D eigenvalue weighted by atomic mass is 16.2. The molecule has 0 bridgehead atoms. The van der Waals surface area contributed by atoms with Crippen molar-refractivity contribution in [3.05, 3.63) is 85.3 Å². The second kappa shape index (κ2) is 9.01. The van der Waals surface area contributed by atoms with Gasteiger partial charge in [-0.05, 0) is 11.6 Å². The Morgan fingerprint density at radius 3 is 2.19 bits per heavy atom. The number of piperazine rings is 1. The van der Waals surface area contributed by atoms with Crippen molar-refractivity contribution in [1.82, 2.24) is 24.6 Å². The lowest BCUT2D eigenvalue weighted by molar-refractivity contribution is -0.132. The number of anilines is 1. The molecule has 1 saturated heterocycles. The molecule has 1 fully saturated rings. The first kappa shape index (κ1) is 19.9. The van der Waals surface area contributed by atoms with Crippen molar-refractivity contribution in [1.29, 1.82) is 0 Å². The number of aromatic nitrogens is 4. The average molecular weight is 425 g/mol. The molecule has 0 N–H and O–H groups in total. The maximum atomic E-state index is 13.2. The molecule has 0 atom stereocenters. The molecule has 2 aromatic carbocycles. The van der Waals surface area contributed by atoms with Crippen molar-refractivity contribution in [3.8, 4) is 22.5 Å². The monoisotopic (exact) mass is 424 g/mol. The summed E-state index contributed by atoms with van der Waals surface area (Å²) >= 11 is 0. The highest BCUT2D eigenvalue weighted by Gasteiger charge is 2.23. The molecule has 7 heteroatoms. The topological polar surface area (TPSA) is 67.2 Å². The lowest BCUT2D eigenvalue weighted by atomic mass is 10.1. The van der Waals surface area contributed by atoms with Gasteiger partial charge in [-0.15, -0.1) is 0 Å². The zero-order valence-electron chi connectivity index (χ0n) is 17.7. The first-order valence-corrected chi connectivity index (χ1v) is 10.8. The number of carbonyl (C=O) groups is 1. The summed E-state index contributed by atoms with van der Waals surface area (Å²) in [4.78, 5) is 25.7. The molecule has 0 radical (unpaired) electrons. The molecule has 7 nitrogen and oxygen atoms in total. The van der Waals surface area contributed by atoms with Crippen molar-refractivity contribution in [2.75, 3.05) is 31.1 Å². The standard InChI is InChI=1S/C25H24N6O/c32-25(30-15-13-29(14-16-30)24-18-26-11-12-27-24)19-31-23(21-9-5-2-6-10-21)17-22(28-31)20-7-3-1-4-8-20/h1-12,17-18H,13-16,19H2. The molecular formula is C25H24N6O. The van der Waals surface area contributed by atoms with Crippen molar-refractivity contribution >= 4 is 11.7 Å². The molecular weight excluding hydrogens is 400 g/mol. The summed E-state index contributed by atoms with van der Waals surface area (Å²) in [6.45, 7) is 3.00. The van der Waals surface area contributed by atoms with Crippen LogP contribution >= 0.6 is 0 Å². The zero-order valence-corrected chi connectivity index (χ0v) is 17.7. The Kier molecular flexibility index (Phi) is 5.61. The first-order chi connectivity index (χ1) is 15.8. The van der Waals surface area contributed by atoms with E-state index < -0.39 is 0 Å². The van der Waals surface area contributed by atoms with Crippen LogP contribution in [0.1, 0.15) is 0 Å². The fourth-order valence-electron chi connectivity index (χ4n) is 4.00. The molecule has 0 aliphatic carbocycles. The van der Waals surface area contributed by atoms with E-state index in [1.165, 1.54) is 0 Å². The molecule has 160 valence electrons. The number of amides is 1. The van der Waals surface area contributed by atoms with E-state index in [4.69, 9.17) is 5.10 Å². The molecule has 1 aliphatic heterocycles. The van der Waals surface area contributed by atoms with E-state index in [-0.39, 0.29) is 12.5 Å². The van der Waals surface area contributed by atoms with Gasteiger partial charge in [0.05, 0.1) is 17.6 Å². The Hall–Kier alpha value is -4.00. The van der Waals surface area contributed by atoms with Crippen molar-refractivity contribution in [3.63, 3.8) is 0 Å². The van der Waals surface area contributed by atoms with Crippen LogP contribution in [0.5, 0.6) is 0 Å². The van der Waals surface area contributed by atoms with Gasteiger partial charge in [0, 0.05) is 44.1 Å². The largest absolute Gasteiger partial charge is 0.352 e. The minimum atomic E-state index is 0.0729. The van der Waals surface area contributed by atoms with Crippen molar-refractivity contribution in [2.45, 2.75) is 6.54 Å². The lowest BCUT2D eigenvalue weighted by Gasteiger charge is -2.35. The normalized spacial score (nSPS) is 13.9. The molecule has 4 aromatic rings. The van der Waals surface area contributed by atoms with Crippen LogP contribution in [0.25, 0.3) is 22.5 Å². The lowest BCUT2D eigenvalue weighted by Crippen LogP contribution is -2.50. The van der Waals surface area contributed by atoms with Gasteiger partial charge in [-0.1, -0.05) is 60.7 Å².